The van der Waals surface area contributed by atoms with Crippen molar-refractivity contribution in [3.8, 4) is 5.75 Å². The predicted molar refractivity (Wildman–Crippen MR) is 88.8 cm³/mol. The van der Waals surface area contributed by atoms with E-state index in [9.17, 15) is 9.18 Å². The van der Waals surface area contributed by atoms with Gasteiger partial charge in [0, 0.05) is 38.7 Å². The molecule has 1 saturated heterocycles. The first-order valence-corrected chi connectivity index (χ1v) is 8.50. The first kappa shape index (κ1) is 17.2. The molecule has 2 aliphatic heterocycles. The quantitative estimate of drug-likeness (QED) is 0.894. The molecule has 2 heterocycles. The molecule has 6 heteroatoms. The molecule has 132 valence electrons. The molecule has 1 aromatic carbocycles. The zero-order chi connectivity index (χ0) is 17.0. The molecule has 0 saturated carbocycles. The van der Waals surface area contributed by atoms with Gasteiger partial charge in [-0.05, 0) is 18.9 Å². The van der Waals surface area contributed by atoms with E-state index in [0.29, 0.717) is 6.54 Å². The zero-order valence-corrected chi connectivity index (χ0v) is 14.1. The van der Waals surface area contributed by atoms with Crippen molar-refractivity contribution < 1.29 is 18.7 Å². The van der Waals surface area contributed by atoms with Crippen molar-refractivity contribution in [2.75, 3.05) is 40.0 Å². The number of para-hydroxylation sites is 1. The Bertz CT molecular complexity index is 573. The van der Waals surface area contributed by atoms with Crippen LogP contribution in [-0.2, 0) is 9.53 Å². The van der Waals surface area contributed by atoms with E-state index in [1.807, 2.05) is 24.3 Å². The van der Waals surface area contributed by atoms with E-state index >= 15 is 0 Å². The molecule has 5 nitrogen and oxygen atoms in total. The van der Waals surface area contributed by atoms with Gasteiger partial charge in [-0.25, -0.2) is 4.39 Å². The first-order valence-electron chi connectivity index (χ1n) is 8.50. The molecule has 1 atom stereocenters. The molecule has 0 unspecified atom stereocenters. The first-order chi connectivity index (χ1) is 11.7. The van der Waals surface area contributed by atoms with Gasteiger partial charge in [-0.2, -0.15) is 0 Å². The van der Waals surface area contributed by atoms with Crippen LogP contribution in [0.2, 0.25) is 0 Å². The largest absolute Gasteiger partial charge is 0.487 e. The highest BCUT2D eigenvalue weighted by Crippen LogP contribution is 2.44. The lowest BCUT2D eigenvalue weighted by molar-refractivity contribution is -0.126. The number of carbonyl (C=O) groups excluding carboxylic acids is 1. The lowest BCUT2D eigenvalue weighted by atomic mass is 9.80. The fourth-order valence-electron chi connectivity index (χ4n) is 3.72. The number of carbonyl (C=O) groups is 1. The van der Waals surface area contributed by atoms with Gasteiger partial charge in [0.05, 0.1) is 6.04 Å². The van der Waals surface area contributed by atoms with Crippen LogP contribution >= 0.6 is 0 Å². The highest BCUT2D eigenvalue weighted by molar-refractivity contribution is 5.77. The number of benzene rings is 1. The van der Waals surface area contributed by atoms with Gasteiger partial charge in [-0.3, -0.25) is 4.79 Å². The van der Waals surface area contributed by atoms with Crippen molar-refractivity contribution >= 4 is 5.91 Å². The van der Waals surface area contributed by atoms with Crippen LogP contribution in [0.5, 0.6) is 5.75 Å². The van der Waals surface area contributed by atoms with Crippen molar-refractivity contribution in [3.63, 3.8) is 0 Å². The van der Waals surface area contributed by atoms with Crippen LogP contribution in [0.3, 0.4) is 0 Å². The van der Waals surface area contributed by atoms with Crippen LogP contribution in [0.4, 0.5) is 4.39 Å². The highest BCUT2D eigenvalue weighted by Gasteiger charge is 2.43. The Morgan fingerprint density at radius 3 is 2.88 bits per heavy atom. The molecule has 1 aromatic rings. The number of hydrogen-bond donors (Lipinski definition) is 1. The van der Waals surface area contributed by atoms with Gasteiger partial charge in [0.2, 0.25) is 5.91 Å². The van der Waals surface area contributed by atoms with Gasteiger partial charge in [0.15, 0.2) is 0 Å². The summed E-state index contributed by atoms with van der Waals surface area (Å²) < 4.78 is 23.8. The van der Waals surface area contributed by atoms with Crippen LogP contribution in [0.25, 0.3) is 0 Å². The van der Waals surface area contributed by atoms with Crippen molar-refractivity contribution in [2.45, 2.75) is 30.9 Å². The molecule has 0 bridgehead atoms. The number of amides is 1. The molecule has 3 rings (SSSR count). The summed E-state index contributed by atoms with van der Waals surface area (Å²) in [5, 5.41) is 3.07. The maximum absolute atomic E-state index is 12.6. The van der Waals surface area contributed by atoms with E-state index in [1.165, 1.54) is 7.11 Å². The van der Waals surface area contributed by atoms with Gasteiger partial charge in [0.25, 0.3) is 0 Å². The lowest BCUT2D eigenvalue weighted by Gasteiger charge is -2.47. The highest BCUT2D eigenvalue weighted by atomic mass is 19.1. The molecule has 0 aliphatic carbocycles. The molecule has 24 heavy (non-hydrogen) atoms. The number of alkyl halides is 1. The van der Waals surface area contributed by atoms with Crippen molar-refractivity contribution in [3.05, 3.63) is 29.8 Å². The van der Waals surface area contributed by atoms with E-state index in [-0.39, 0.29) is 30.8 Å². The topological polar surface area (TPSA) is 50.8 Å². The third-order valence-corrected chi connectivity index (χ3v) is 4.98. The SMILES string of the molecule is COCC(=O)N[C@@H]1CC2(CCN(CCF)CC2)Oc2ccccc21. The molecule has 0 radical (unpaired) electrons. The van der Waals surface area contributed by atoms with Crippen molar-refractivity contribution in [1.29, 1.82) is 0 Å². The van der Waals surface area contributed by atoms with Gasteiger partial charge < -0.3 is 19.7 Å². The average molecular weight is 336 g/mol. The minimum absolute atomic E-state index is 0.0524. The number of likely N-dealkylation sites (tertiary alicyclic amines) is 1. The number of nitrogens with zero attached hydrogens (tertiary/aromatic N) is 1. The van der Waals surface area contributed by atoms with Crippen molar-refractivity contribution in [2.24, 2.45) is 0 Å². The Balaban J connectivity index is 1.76. The number of fused-ring (bicyclic) bond motifs is 1. The maximum atomic E-state index is 12.6. The third-order valence-electron chi connectivity index (χ3n) is 4.98. The number of ether oxygens (including phenoxy) is 2. The standard InChI is InChI=1S/C18H25FN2O3/c1-23-13-17(22)20-15-12-18(6-9-21(10-7-18)11-8-19)24-16-5-3-2-4-14(15)16/h2-5,15H,6-13H2,1H3,(H,20,22)/t15-/m1/s1. The number of methoxy groups -OCH3 is 1. The van der Waals surface area contributed by atoms with Gasteiger partial charge >= 0.3 is 0 Å². The number of piperidine rings is 1. The van der Waals surface area contributed by atoms with Crippen LogP contribution in [0, 0.1) is 0 Å². The minimum atomic E-state index is -0.313. The molecule has 0 aromatic heterocycles. The Kier molecular flexibility index (Phi) is 5.36. The van der Waals surface area contributed by atoms with Crippen LogP contribution in [0.1, 0.15) is 30.9 Å². The molecular formula is C18H25FN2O3. The number of hydrogen-bond acceptors (Lipinski definition) is 4. The summed E-state index contributed by atoms with van der Waals surface area (Å²) in [5.41, 5.74) is 0.727. The van der Waals surface area contributed by atoms with E-state index in [2.05, 4.69) is 10.2 Å². The van der Waals surface area contributed by atoms with Gasteiger partial charge in [0.1, 0.15) is 24.6 Å². The Labute approximate surface area is 142 Å². The van der Waals surface area contributed by atoms with Crippen LogP contribution < -0.4 is 10.1 Å². The normalized spacial score (nSPS) is 22.7. The predicted octanol–water partition coefficient (Wildman–Crippen LogP) is 2.08. The van der Waals surface area contributed by atoms with E-state index in [4.69, 9.17) is 9.47 Å². The van der Waals surface area contributed by atoms with E-state index in [1.54, 1.807) is 0 Å². The second-order valence-corrected chi connectivity index (χ2v) is 6.61. The van der Waals surface area contributed by atoms with Gasteiger partial charge in [-0.1, -0.05) is 18.2 Å². The second-order valence-electron chi connectivity index (χ2n) is 6.61. The van der Waals surface area contributed by atoms with Crippen LogP contribution in [0.15, 0.2) is 24.3 Å². The Hall–Kier alpha value is -1.66. The smallest absolute Gasteiger partial charge is 0.246 e. The average Bonchev–Trinajstić information content (AvgIpc) is 2.58. The molecule has 1 amide bonds. The number of nitrogens with one attached hydrogen (secondary N) is 1. The molecule has 1 spiro atoms. The van der Waals surface area contributed by atoms with E-state index in [0.717, 1.165) is 43.7 Å². The summed E-state index contributed by atoms with van der Waals surface area (Å²) in [7, 11) is 1.51. The fraction of sp³-hybridized carbons (Fsp3) is 0.611. The minimum Gasteiger partial charge on any atom is -0.487 e. The monoisotopic (exact) mass is 336 g/mol. The summed E-state index contributed by atoms with van der Waals surface area (Å²) in [4.78, 5) is 14.1. The number of halogens is 1. The molecule has 2 aliphatic rings. The van der Waals surface area contributed by atoms with Gasteiger partial charge in [-0.15, -0.1) is 0 Å². The summed E-state index contributed by atoms with van der Waals surface area (Å²) in [6, 6.07) is 7.78. The Morgan fingerprint density at radius 2 is 2.17 bits per heavy atom. The summed E-state index contributed by atoms with van der Waals surface area (Å²) in [5.74, 6) is 0.717. The molecule has 1 N–H and O–H groups in total. The van der Waals surface area contributed by atoms with Crippen LogP contribution in [-0.4, -0.2) is 56.4 Å². The zero-order valence-electron chi connectivity index (χ0n) is 14.1. The molecular weight excluding hydrogens is 311 g/mol. The fourth-order valence-corrected chi connectivity index (χ4v) is 3.72. The second kappa shape index (κ2) is 7.49. The summed E-state index contributed by atoms with van der Waals surface area (Å²) in [6.45, 7) is 1.87. The third kappa shape index (κ3) is 3.70. The number of rotatable bonds is 5. The Morgan fingerprint density at radius 1 is 1.42 bits per heavy atom. The lowest BCUT2D eigenvalue weighted by Crippen LogP contribution is -2.52. The summed E-state index contributed by atoms with van der Waals surface area (Å²) >= 11 is 0. The maximum Gasteiger partial charge on any atom is 0.246 e. The molecule has 1 fully saturated rings. The van der Waals surface area contributed by atoms with Crippen molar-refractivity contribution in [1.82, 2.24) is 10.2 Å². The summed E-state index contributed by atoms with van der Waals surface area (Å²) in [6.07, 6.45) is 2.43. The van der Waals surface area contributed by atoms with E-state index < -0.39 is 0 Å².